The molecule has 0 saturated carbocycles. The van der Waals surface area contributed by atoms with Gasteiger partial charge in [-0.1, -0.05) is 13.8 Å². The van der Waals surface area contributed by atoms with Gasteiger partial charge >= 0.3 is 0 Å². The molecule has 2 rings (SSSR count). The summed E-state index contributed by atoms with van der Waals surface area (Å²) in [4.78, 5) is 0. The van der Waals surface area contributed by atoms with Crippen LogP contribution in [0.4, 0.5) is 0 Å². The fraction of sp³-hybridized carbons (Fsp3) is 0.538. The lowest BCUT2D eigenvalue weighted by Crippen LogP contribution is -2.13. The van der Waals surface area contributed by atoms with Crippen molar-refractivity contribution in [2.24, 2.45) is 11.7 Å². The molecule has 1 heterocycles. The van der Waals surface area contributed by atoms with E-state index in [9.17, 15) is 0 Å². The van der Waals surface area contributed by atoms with E-state index in [1.807, 2.05) is 12.1 Å². The van der Waals surface area contributed by atoms with Crippen LogP contribution in [-0.4, -0.2) is 13.9 Å². The van der Waals surface area contributed by atoms with Crippen LogP contribution < -0.4 is 19.9 Å². The molecule has 1 aromatic rings. The zero-order valence-electron chi connectivity index (χ0n) is 10.9. The third-order valence-corrected chi connectivity index (χ3v) is 2.83. The Morgan fingerprint density at radius 3 is 2.67 bits per heavy atom. The first-order valence-corrected chi connectivity index (χ1v) is 5.85. The SMILES string of the molecule is COc1cc([C@@H](N)CC(C)C)cc2c1OCO2.Cl. The standard InChI is InChI=1S/C13H19NO3.ClH/c1-8(2)4-10(14)9-5-11(15-3)13-12(6-9)16-7-17-13;/h5-6,8,10H,4,7,14H2,1-3H3;1H/t10-;/m0./s1. The molecular formula is C13H20ClNO3. The lowest BCUT2D eigenvalue weighted by atomic mass is 9.97. The predicted octanol–water partition coefficient (Wildman–Crippen LogP) is 2.89. The fourth-order valence-electron chi connectivity index (χ4n) is 2.01. The Kier molecular flexibility index (Phi) is 5.11. The molecule has 0 amide bonds. The quantitative estimate of drug-likeness (QED) is 0.916. The van der Waals surface area contributed by atoms with Crippen LogP contribution in [0.1, 0.15) is 31.9 Å². The monoisotopic (exact) mass is 273 g/mol. The molecule has 4 nitrogen and oxygen atoms in total. The number of rotatable bonds is 4. The molecular weight excluding hydrogens is 254 g/mol. The maximum absolute atomic E-state index is 6.16. The van der Waals surface area contributed by atoms with Crippen molar-refractivity contribution in [3.05, 3.63) is 17.7 Å². The Morgan fingerprint density at radius 2 is 2.06 bits per heavy atom. The van der Waals surface area contributed by atoms with Gasteiger partial charge < -0.3 is 19.9 Å². The van der Waals surface area contributed by atoms with Crippen LogP contribution in [0.3, 0.4) is 0 Å². The molecule has 0 fully saturated rings. The van der Waals surface area contributed by atoms with Crippen LogP contribution in [0.2, 0.25) is 0 Å². The summed E-state index contributed by atoms with van der Waals surface area (Å²) in [6.07, 6.45) is 0.933. The first-order chi connectivity index (χ1) is 8.11. The first-order valence-electron chi connectivity index (χ1n) is 5.85. The summed E-state index contributed by atoms with van der Waals surface area (Å²) < 4.78 is 16.0. The summed E-state index contributed by atoms with van der Waals surface area (Å²) in [5, 5.41) is 0. The Morgan fingerprint density at radius 1 is 1.33 bits per heavy atom. The smallest absolute Gasteiger partial charge is 0.231 e. The number of methoxy groups -OCH3 is 1. The molecule has 1 aliphatic heterocycles. The summed E-state index contributed by atoms with van der Waals surface area (Å²) in [5.41, 5.74) is 7.19. The molecule has 1 aliphatic rings. The number of ether oxygens (including phenoxy) is 3. The molecule has 102 valence electrons. The van der Waals surface area contributed by atoms with E-state index in [1.54, 1.807) is 7.11 Å². The highest BCUT2D eigenvalue weighted by molar-refractivity contribution is 5.85. The summed E-state index contributed by atoms with van der Waals surface area (Å²) in [5.74, 6) is 2.64. The summed E-state index contributed by atoms with van der Waals surface area (Å²) in [7, 11) is 1.62. The van der Waals surface area contributed by atoms with Crippen molar-refractivity contribution in [1.82, 2.24) is 0 Å². The third kappa shape index (κ3) is 3.00. The number of nitrogens with two attached hydrogens (primary N) is 1. The fourth-order valence-corrected chi connectivity index (χ4v) is 2.01. The van der Waals surface area contributed by atoms with Gasteiger partial charge in [-0.2, -0.15) is 0 Å². The molecule has 5 heteroatoms. The summed E-state index contributed by atoms with van der Waals surface area (Å²) in [6.45, 7) is 4.56. The van der Waals surface area contributed by atoms with Gasteiger partial charge in [0, 0.05) is 6.04 Å². The van der Waals surface area contributed by atoms with E-state index >= 15 is 0 Å². The van der Waals surface area contributed by atoms with E-state index < -0.39 is 0 Å². The zero-order valence-corrected chi connectivity index (χ0v) is 11.8. The molecule has 1 aromatic carbocycles. The van der Waals surface area contributed by atoms with E-state index in [1.165, 1.54) is 0 Å². The lowest BCUT2D eigenvalue weighted by molar-refractivity contribution is 0.171. The van der Waals surface area contributed by atoms with Crippen LogP contribution in [0.25, 0.3) is 0 Å². The van der Waals surface area contributed by atoms with Crippen molar-refractivity contribution in [3.63, 3.8) is 0 Å². The van der Waals surface area contributed by atoms with Gasteiger partial charge in [-0.05, 0) is 30.0 Å². The Bertz CT molecular complexity index is 409. The number of benzene rings is 1. The van der Waals surface area contributed by atoms with Gasteiger partial charge in [-0.25, -0.2) is 0 Å². The molecule has 2 N–H and O–H groups in total. The lowest BCUT2D eigenvalue weighted by Gasteiger charge is -2.16. The Balaban J connectivity index is 0.00000162. The summed E-state index contributed by atoms with van der Waals surface area (Å²) in [6, 6.07) is 3.87. The van der Waals surface area contributed by atoms with Crippen molar-refractivity contribution in [2.75, 3.05) is 13.9 Å². The van der Waals surface area contributed by atoms with Crippen LogP contribution >= 0.6 is 12.4 Å². The molecule has 0 aromatic heterocycles. The van der Waals surface area contributed by atoms with E-state index in [-0.39, 0.29) is 25.2 Å². The second kappa shape index (κ2) is 6.16. The van der Waals surface area contributed by atoms with Crippen molar-refractivity contribution in [2.45, 2.75) is 26.3 Å². The third-order valence-electron chi connectivity index (χ3n) is 2.83. The first kappa shape index (κ1) is 14.9. The van der Waals surface area contributed by atoms with Crippen molar-refractivity contribution in [1.29, 1.82) is 0 Å². The van der Waals surface area contributed by atoms with Crippen LogP contribution in [0.15, 0.2) is 12.1 Å². The Hall–Kier alpha value is -1.13. The predicted molar refractivity (Wildman–Crippen MR) is 72.7 cm³/mol. The van der Waals surface area contributed by atoms with E-state index in [0.717, 1.165) is 17.7 Å². The second-order valence-corrected chi connectivity index (χ2v) is 4.69. The zero-order chi connectivity index (χ0) is 12.4. The summed E-state index contributed by atoms with van der Waals surface area (Å²) >= 11 is 0. The normalized spacial score (nSPS) is 14.3. The molecule has 0 spiro atoms. The van der Waals surface area contributed by atoms with Gasteiger partial charge in [0.25, 0.3) is 0 Å². The highest BCUT2D eigenvalue weighted by atomic mass is 35.5. The highest BCUT2D eigenvalue weighted by Crippen LogP contribution is 2.43. The minimum atomic E-state index is -0.00148. The van der Waals surface area contributed by atoms with Gasteiger partial charge in [0.1, 0.15) is 0 Å². The highest BCUT2D eigenvalue weighted by Gasteiger charge is 2.22. The maximum atomic E-state index is 6.16. The van der Waals surface area contributed by atoms with E-state index in [2.05, 4.69) is 13.8 Å². The minimum absolute atomic E-state index is 0. The molecule has 0 unspecified atom stereocenters. The second-order valence-electron chi connectivity index (χ2n) is 4.69. The van der Waals surface area contributed by atoms with Gasteiger partial charge in [-0.3, -0.25) is 0 Å². The van der Waals surface area contributed by atoms with E-state index in [4.69, 9.17) is 19.9 Å². The van der Waals surface area contributed by atoms with Crippen LogP contribution in [-0.2, 0) is 0 Å². The number of hydrogen-bond acceptors (Lipinski definition) is 4. The van der Waals surface area contributed by atoms with Gasteiger partial charge in [0.2, 0.25) is 12.5 Å². The van der Waals surface area contributed by atoms with Crippen LogP contribution in [0, 0.1) is 5.92 Å². The number of fused-ring (bicyclic) bond motifs is 1. The molecule has 1 atom stereocenters. The van der Waals surface area contributed by atoms with Crippen LogP contribution in [0.5, 0.6) is 17.2 Å². The van der Waals surface area contributed by atoms with Gasteiger partial charge in [0.15, 0.2) is 11.5 Å². The average Bonchev–Trinajstić information content (AvgIpc) is 2.74. The number of hydrogen-bond donors (Lipinski definition) is 1. The van der Waals surface area contributed by atoms with E-state index in [0.29, 0.717) is 17.4 Å². The van der Waals surface area contributed by atoms with Gasteiger partial charge in [0.05, 0.1) is 7.11 Å². The van der Waals surface area contributed by atoms with Crippen molar-refractivity contribution >= 4 is 12.4 Å². The Labute approximate surface area is 114 Å². The minimum Gasteiger partial charge on any atom is -0.493 e. The number of halogens is 1. The molecule has 0 bridgehead atoms. The van der Waals surface area contributed by atoms with Crippen molar-refractivity contribution in [3.8, 4) is 17.2 Å². The molecule has 0 radical (unpaired) electrons. The van der Waals surface area contributed by atoms with Gasteiger partial charge in [-0.15, -0.1) is 12.4 Å². The van der Waals surface area contributed by atoms with Crippen molar-refractivity contribution < 1.29 is 14.2 Å². The maximum Gasteiger partial charge on any atom is 0.231 e. The molecule has 18 heavy (non-hydrogen) atoms. The largest absolute Gasteiger partial charge is 0.493 e. The average molecular weight is 274 g/mol. The molecule has 0 saturated heterocycles. The molecule has 0 aliphatic carbocycles. The topological polar surface area (TPSA) is 53.7 Å².